The number of nitrogens with zero attached hydrogens (tertiary/aromatic N) is 1. The van der Waals surface area contributed by atoms with Gasteiger partial charge < -0.3 is 9.73 Å². The van der Waals surface area contributed by atoms with Crippen LogP contribution in [0.15, 0.2) is 38.3 Å². The minimum Gasteiger partial charge on any atom is -0.440 e. The van der Waals surface area contributed by atoms with Gasteiger partial charge in [-0.05, 0) is 30.5 Å². The second-order valence-electron chi connectivity index (χ2n) is 5.22. The minimum atomic E-state index is -3.71. The Labute approximate surface area is 152 Å². The predicted octanol–water partition coefficient (Wildman–Crippen LogP) is 2.28. The highest BCUT2D eigenvalue weighted by Gasteiger charge is 2.16. The van der Waals surface area contributed by atoms with Crippen LogP contribution in [-0.2, 0) is 27.8 Å². The first-order valence-corrected chi connectivity index (χ1v) is 10.5. The summed E-state index contributed by atoms with van der Waals surface area (Å²) in [6.45, 7) is 2.00. The first kappa shape index (κ1) is 17.8. The van der Waals surface area contributed by atoms with E-state index in [9.17, 15) is 13.2 Å². The average molecular weight is 398 g/mol. The Morgan fingerprint density at radius 2 is 2.16 bits per heavy atom. The minimum absolute atomic E-state index is 0.0738. The molecule has 0 unspecified atom stereocenters. The van der Waals surface area contributed by atoms with Gasteiger partial charge in [0, 0.05) is 4.88 Å². The van der Waals surface area contributed by atoms with Crippen molar-refractivity contribution >= 4 is 38.6 Å². The van der Waals surface area contributed by atoms with Crippen LogP contribution >= 0.6 is 22.7 Å². The second kappa shape index (κ2) is 7.08. The molecule has 10 heteroatoms. The number of primary sulfonamides is 1. The fourth-order valence-electron chi connectivity index (χ4n) is 2.10. The predicted molar refractivity (Wildman–Crippen MR) is 95.8 cm³/mol. The number of sulfonamides is 1. The van der Waals surface area contributed by atoms with Gasteiger partial charge in [0.05, 0.1) is 23.5 Å². The SMILES string of the molecule is Cc1oc(-c2cccs2)nc1CC(=O)NCc1ccc(S(N)(=O)=O)s1. The molecule has 0 saturated heterocycles. The largest absolute Gasteiger partial charge is 0.440 e. The molecular formula is C15H15N3O4S3. The molecule has 0 aliphatic heterocycles. The fourth-order valence-corrected chi connectivity index (χ4v) is 4.47. The summed E-state index contributed by atoms with van der Waals surface area (Å²) in [5.41, 5.74) is 0.581. The van der Waals surface area contributed by atoms with Crippen LogP contribution in [-0.4, -0.2) is 19.3 Å². The molecule has 0 aliphatic rings. The number of thiophene rings is 2. The van der Waals surface area contributed by atoms with E-state index in [1.54, 1.807) is 13.0 Å². The maximum absolute atomic E-state index is 12.1. The summed E-state index contributed by atoms with van der Waals surface area (Å²) >= 11 is 2.55. The van der Waals surface area contributed by atoms with Gasteiger partial charge in [0.2, 0.25) is 21.8 Å². The van der Waals surface area contributed by atoms with Crippen LogP contribution in [0.1, 0.15) is 16.3 Å². The van der Waals surface area contributed by atoms with Crippen molar-refractivity contribution in [2.24, 2.45) is 5.14 Å². The lowest BCUT2D eigenvalue weighted by Crippen LogP contribution is -2.24. The molecule has 3 aromatic rings. The van der Waals surface area contributed by atoms with E-state index < -0.39 is 10.0 Å². The van der Waals surface area contributed by atoms with Crippen LogP contribution in [0.2, 0.25) is 0 Å². The molecule has 3 aromatic heterocycles. The van der Waals surface area contributed by atoms with Gasteiger partial charge in [-0.1, -0.05) is 6.07 Å². The highest BCUT2D eigenvalue weighted by molar-refractivity contribution is 7.91. The van der Waals surface area contributed by atoms with E-state index in [1.807, 2.05) is 17.5 Å². The van der Waals surface area contributed by atoms with E-state index in [-0.39, 0.29) is 23.1 Å². The van der Waals surface area contributed by atoms with Crippen molar-refractivity contribution in [2.45, 2.75) is 24.1 Å². The third-order valence-electron chi connectivity index (χ3n) is 3.33. The fraction of sp³-hybridized carbons (Fsp3) is 0.200. The third-order valence-corrected chi connectivity index (χ3v) is 6.71. The van der Waals surface area contributed by atoms with Crippen LogP contribution in [0.4, 0.5) is 0 Å². The number of nitrogens with two attached hydrogens (primary N) is 1. The van der Waals surface area contributed by atoms with Gasteiger partial charge in [-0.2, -0.15) is 0 Å². The van der Waals surface area contributed by atoms with Crippen molar-refractivity contribution in [1.82, 2.24) is 10.3 Å². The summed E-state index contributed by atoms with van der Waals surface area (Å²) < 4.78 is 28.2. The standard InChI is InChI=1S/C15H15N3O4S3/c1-9-11(18-15(22-9)12-3-2-6-23-12)7-13(19)17-8-10-4-5-14(24-10)25(16,20)21/h2-6H,7-8H2,1H3,(H,17,19)(H2,16,20,21). The van der Waals surface area contributed by atoms with Gasteiger partial charge >= 0.3 is 0 Å². The maximum Gasteiger partial charge on any atom is 0.247 e. The number of amides is 1. The molecule has 0 saturated carbocycles. The summed E-state index contributed by atoms with van der Waals surface area (Å²) in [7, 11) is -3.71. The molecule has 7 nitrogen and oxygen atoms in total. The van der Waals surface area contributed by atoms with Crippen LogP contribution in [0, 0.1) is 6.92 Å². The van der Waals surface area contributed by atoms with Gasteiger partial charge in [-0.15, -0.1) is 22.7 Å². The molecule has 3 N–H and O–H groups in total. The highest BCUT2D eigenvalue weighted by atomic mass is 32.2. The first-order valence-electron chi connectivity index (χ1n) is 7.21. The molecule has 0 bridgehead atoms. The second-order valence-corrected chi connectivity index (χ2v) is 9.12. The van der Waals surface area contributed by atoms with Gasteiger partial charge in [-0.3, -0.25) is 4.79 Å². The summed E-state index contributed by atoms with van der Waals surface area (Å²) in [5.74, 6) is 0.886. The summed E-state index contributed by atoms with van der Waals surface area (Å²) in [5, 5.41) is 9.73. The number of oxazole rings is 1. The molecule has 0 radical (unpaired) electrons. The van der Waals surface area contributed by atoms with Crippen molar-refractivity contribution in [2.75, 3.05) is 0 Å². The Morgan fingerprint density at radius 1 is 1.36 bits per heavy atom. The molecule has 0 aliphatic carbocycles. The summed E-state index contributed by atoms with van der Waals surface area (Å²) in [4.78, 5) is 18.1. The van der Waals surface area contributed by atoms with E-state index >= 15 is 0 Å². The van der Waals surface area contributed by atoms with Gasteiger partial charge in [0.15, 0.2) is 0 Å². The zero-order chi connectivity index (χ0) is 18.0. The Morgan fingerprint density at radius 3 is 2.80 bits per heavy atom. The number of carbonyl (C=O) groups excluding carboxylic acids is 1. The van der Waals surface area contributed by atoms with Crippen LogP contribution in [0.25, 0.3) is 10.8 Å². The molecule has 25 heavy (non-hydrogen) atoms. The van der Waals surface area contributed by atoms with Crippen LogP contribution in [0.5, 0.6) is 0 Å². The summed E-state index contributed by atoms with van der Waals surface area (Å²) in [6.07, 6.45) is 0.0914. The highest BCUT2D eigenvalue weighted by Crippen LogP contribution is 2.26. The molecule has 0 aromatic carbocycles. The number of carbonyl (C=O) groups is 1. The summed E-state index contributed by atoms with van der Waals surface area (Å²) in [6, 6.07) is 6.86. The van der Waals surface area contributed by atoms with Crippen LogP contribution in [0.3, 0.4) is 0 Å². The Bertz CT molecular complexity index is 987. The molecule has 0 atom stereocenters. The van der Waals surface area contributed by atoms with E-state index in [2.05, 4.69) is 10.3 Å². The van der Waals surface area contributed by atoms with Crippen molar-refractivity contribution < 1.29 is 17.6 Å². The number of nitrogens with one attached hydrogen (secondary N) is 1. The number of rotatable bonds is 6. The average Bonchev–Trinajstić information content (AvgIpc) is 3.25. The molecular weight excluding hydrogens is 382 g/mol. The van der Waals surface area contributed by atoms with E-state index in [0.717, 1.165) is 16.2 Å². The smallest absolute Gasteiger partial charge is 0.247 e. The molecule has 3 rings (SSSR count). The van der Waals surface area contributed by atoms with E-state index in [4.69, 9.17) is 9.56 Å². The zero-order valence-corrected chi connectivity index (χ0v) is 15.6. The van der Waals surface area contributed by atoms with Crippen molar-refractivity contribution in [3.05, 3.63) is 46.0 Å². The maximum atomic E-state index is 12.1. The molecule has 3 heterocycles. The normalized spacial score (nSPS) is 11.6. The lowest BCUT2D eigenvalue weighted by Gasteiger charge is -2.02. The number of hydrogen-bond donors (Lipinski definition) is 2. The number of hydrogen-bond acceptors (Lipinski definition) is 7. The van der Waals surface area contributed by atoms with Crippen molar-refractivity contribution in [1.29, 1.82) is 0 Å². The zero-order valence-electron chi connectivity index (χ0n) is 13.2. The first-order chi connectivity index (χ1) is 11.8. The Balaban J connectivity index is 1.61. The topological polar surface area (TPSA) is 115 Å². The lowest BCUT2D eigenvalue weighted by molar-refractivity contribution is -0.120. The molecule has 0 spiro atoms. The van der Waals surface area contributed by atoms with Gasteiger partial charge in [-0.25, -0.2) is 18.5 Å². The number of aryl methyl sites for hydroxylation is 1. The van der Waals surface area contributed by atoms with Crippen molar-refractivity contribution in [3.8, 4) is 10.8 Å². The van der Waals surface area contributed by atoms with Gasteiger partial charge in [0.1, 0.15) is 9.97 Å². The Hall–Kier alpha value is -2.01. The molecule has 0 fully saturated rings. The third kappa shape index (κ3) is 4.34. The molecule has 1 amide bonds. The quantitative estimate of drug-likeness (QED) is 0.662. The Kier molecular flexibility index (Phi) is 5.04. The monoisotopic (exact) mass is 397 g/mol. The molecule has 132 valence electrons. The number of aromatic nitrogens is 1. The van der Waals surface area contributed by atoms with E-state index in [1.165, 1.54) is 17.4 Å². The van der Waals surface area contributed by atoms with Gasteiger partial charge in [0.25, 0.3) is 0 Å². The van der Waals surface area contributed by atoms with E-state index in [0.29, 0.717) is 22.2 Å². The lowest BCUT2D eigenvalue weighted by atomic mass is 10.2. The van der Waals surface area contributed by atoms with Crippen LogP contribution < -0.4 is 10.5 Å². The van der Waals surface area contributed by atoms with Crippen molar-refractivity contribution in [3.63, 3.8) is 0 Å².